The van der Waals surface area contributed by atoms with E-state index >= 15 is 0 Å². The Balaban J connectivity index is 0.00000272. The van der Waals surface area contributed by atoms with Crippen LogP contribution in [0.2, 0.25) is 0 Å². The molecule has 164 valence electrons. The molecule has 0 N–H and O–H groups in total. The van der Waals surface area contributed by atoms with Crippen LogP contribution in [0.3, 0.4) is 0 Å². The van der Waals surface area contributed by atoms with Gasteiger partial charge in [0, 0.05) is 37.4 Å². The summed E-state index contributed by atoms with van der Waals surface area (Å²) in [7, 11) is 2.21. The maximum absolute atomic E-state index is 12.9. The molecule has 6 heteroatoms. The second kappa shape index (κ2) is 10.6. The predicted molar refractivity (Wildman–Crippen MR) is 127 cm³/mol. The summed E-state index contributed by atoms with van der Waals surface area (Å²) in [6.45, 7) is 4.66. The molecule has 1 aliphatic heterocycles. The molecular formula is C25H31ClN4O. The number of carbonyl (C=O) groups is 1. The Labute approximate surface area is 191 Å². The van der Waals surface area contributed by atoms with E-state index < -0.39 is 0 Å². The summed E-state index contributed by atoms with van der Waals surface area (Å²) in [5, 5.41) is 4.42. The lowest BCUT2D eigenvalue weighted by atomic mass is 10.0. The Morgan fingerprint density at radius 2 is 1.71 bits per heavy atom. The molecule has 0 saturated carbocycles. The van der Waals surface area contributed by atoms with E-state index in [4.69, 9.17) is 0 Å². The molecule has 1 amide bonds. The maximum Gasteiger partial charge on any atom is 0.253 e. The molecule has 0 atom stereocenters. The first-order valence-electron chi connectivity index (χ1n) is 10.8. The first-order chi connectivity index (χ1) is 14.6. The van der Waals surface area contributed by atoms with Crippen molar-refractivity contribution in [2.45, 2.75) is 32.2 Å². The molecule has 31 heavy (non-hydrogen) atoms. The molecule has 0 bridgehead atoms. The second-order valence-corrected chi connectivity index (χ2v) is 8.19. The van der Waals surface area contributed by atoms with Crippen molar-refractivity contribution < 1.29 is 4.79 Å². The van der Waals surface area contributed by atoms with E-state index in [0.717, 1.165) is 55.8 Å². The minimum atomic E-state index is 0. The standard InChI is InChI=1S/C25H30N4O.ClH/c1-20-12-19-29(26-20)24-10-8-22(9-11-24)25(30)28-17-14-23(15-18-28)27(2)16-13-21-6-4-3-5-7-21;/h3-12,19,23H,13-18H2,1-2H3;1H. The molecule has 2 heterocycles. The zero-order valence-corrected chi connectivity index (χ0v) is 19.1. The summed E-state index contributed by atoms with van der Waals surface area (Å²) in [6.07, 6.45) is 5.06. The lowest BCUT2D eigenvalue weighted by Crippen LogP contribution is -2.46. The van der Waals surface area contributed by atoms with Gasteiger partial charge in [-0.25, -0.2) is 4.68 Å². The highest BCUT2D eigenvalue weighted by Crippen LogP contribution is 2.19. The highest BCUT2D eigenvalue weighted by atomic mass is 35.5. The van der Waals surface area contributed by atoms with Gasteiger partial charge in [-0.3, -0.25) is 4.79 Å². The fraction of sp³-hybridized carbons (Fsp3) is 0.360. The normalized spacial score (nSPS) is 14.5. The fourth-order valence-corrected chi connectivity index (χ4v) is 4.14. The number of hydrogen-bond acceptors (Lipinski definition) is 3. The summed E-state index contributed by atoms with van der Waals surface area (Å²) in [6, 6.07) is 20.9. The lowest BCUT2D eigenvalue weighted by Gasteiger charge is -2.37. The Morgan fingerprint density at radius 3 is 2.32 bits per heavy atom. The zero-order chi connectivity index (χ0) is 20.9. The summed E-state index contributed by atoms with van der Waals surface area (Å²) < 4.78 is 1.83. The minimum absolute atomic E-state index is 0. The Morgan fingerprint density at radius 1 is 1.03 bits per heavy atom. The van der Waals surface area contributed by atoms with Gasteiger partial charge in [0.2, 0.25) is 0 Å². The van der Waals surface area contributed by atoms with Crippen LogP contribution in [0.1, 0.15) is 34.5 Å². The van der Waals surface area contributed by atoms with E-state index in [2.05, 4.69) is 47.4 Å². The Hall–Kier alpha value is -2.63. The van der Waals surface area contributed by atoms with Gasteiger partial charge in [0.05, 0.1) is 11.4 Å². The van der Waals surface area contributed by atoms with E-state index in [1.807, 2.05) is 53.0 Å². The van der Waals surface area contributed by atoms with Crippen molar-refractivity contribution in [3.63, 3.8) is 0 Å². The first-order valence-corrected chi connectivity index (χ1v) is 10.8. The number of carbonyl (C=O) groups excluding carboxylic acids is 1. The molecule has 1 saturated heterocycles. The van der Waals surface area contributed by atoms with Crippen molar-refractivity contribution in [2.75, 3.05) is 26.7 Å². The van der Waals surface area contributed by atoms with Crippen LogP contribution in [0.5, 0.6) is 0 Å². The highest BCUT2D eigenvalue weighted by Gasteiger charge is 2.25. The second-order valence-electron chi connectivity index (χ2n) is 8.19. The molecule has 4 rings (SSSR count). The van der Waals surface area contributed by atoms with Crippen LogP contribution in [0.15, 0.2) is 66.9 Å². The van der Waals surface area contributed by atoms with Gasteiger partial charge in [0.15, 0.2) is 0 Å². The average Bonchev–Trinajstić information content (AvgIpc) is 3.24. The quantitative estimate of drug-likeness (QED) is 0.573. The fourth-order valence-electron chi connectivity index (χ4n) is 4.14. The lowest BCUT2D eigenvalue weighted by molar-refractivity contribution is 0.0647. The number of rotatable bonds is 6. The van der Waals surface area contributed by atoms with Crippen molar-refractivity contribution in [1.29, 1.82) is 0 Å². The summed E-state index contributed by atoms with van der Waals surface area (Å²) in [5.41, 5.74) is 4.08. The molecule has 1 aromatic heterocycles. The summed E-state index contributed by atoms with van der Waals surface area (Å²) in [4.78, 5) is 17.4. The zero-order valence-electron chi connectivity index (χ0n) is 18.3. The predicted octanol–water partition coefficient (Wildman–Crippen LogP) is 4.38. The van der Waals surface area contributed by atoms with E-state index in [1.54, 1.807) is 0 Å². The van der Waals surface area contributed by atoms with Gasteiger partial charge < -0.3 is 9.80 Å². The number of halogens is 1. The van der Waals surface area contributed by atoms with E-state index in [9.17, 15) is 4.79 Å². The molecule has 0 aliphatic carbocycles. The van der Waals surface area contributed by atoms with Gasteiger partial charge in [0.25, 0.3) is 5.91 Å². The first kappa shape index (κ1) is 23.0. The molecule has 0 radical (unpaired) electrons. The number of piperidine rings is 1. The van der Waals surface area contributed by atoms with Gasteiger partial charge in [-0.2, -0.15) is 5.10 Å². The van der Waals surface area contributed by atoms with Crippen LogP contribution < -0.4 is 0 Å². The summed E-state index contributed by atoms with van der Waals surface area (Å²) >= 11 is 0. The van der Waals surface area contributed by atoms with Crippen molar-refractivity contribution in [2.24, 2.45) is 0 Å². The molecule has 5 nitrogen and oxygen atoms in total. The van der Waals surface area contributed by atoms with Crippen molar-refractivity contribution in [1.82, 2.24) is 19.6 Å². The van der Waals surface area contributed by atoms with Crippen molar-refractivity contribution >= 4 is 18.3 Å². The highest BCUT2D eigenvalue weighted by molar-refractivity contribution is 5.94. The maximum atomic E-state index is 12.9. The van der Waals surface area contributed by atoms with Crippen LogP contribution in [-0.2, 0) is 6.42 Å². The van der Waals surface area contributed by atoms with Crippen LogP contribution in [0, 0.1) is 6.92 Å². The van der Waals surface area contributed by atoms with Crippen LogP contribution in [0.4, 0.5) is 0 Å². The largest absolute Gasteiger partial charge is 0.339 e. The third kappa shape index (κ3) is 5.75. The van der Waals surface area contributed by atoms with E-state index in [1.165, 1.54) is 5.56 Å². The molecule has 1 fully saturated rings. The molecule has 2 aromatic carbocycles. The Bertz CT molecular complexity index is 963. The minimum Gasteiger partial charge on any atom is -0.339 e. The number of hydrogen-bond donors (Lipinski definition) is 0. The number of benzene rings is 2. The topological polar surface area (TPSA) is 41.4 Å². The van der Waals surface area contributed by atoms with E-state index in [-0.39, 0.29) is 18.3 Å². The van der Waals surface area contributed by atoms with Gasteiger partial charge in [0.1, 0.15) is 0 Å². The van der Waals surface area contributed by atoms with Gasteiger partial charge in [-0.05, 0) is 69.1 Å². The molecule has 0 spiro atoms. The number of aryl methyl sites for hydroxylation is 1. The third-order valence-electron chi connectivity index (χ3n) is 6.07. The van der Waals surface area contributed by atoms with Gasteiger partial charge in [-0.1, -0.05) is 30.3 Å². The molecule has 0 unspecified atom stereocenters. The smallest absolute Gasteiger partial charge is 0.253 e. The van der Waals surface area contributed by atoms with E-state index in [0.29, 0.717) is 6.04 Å². The number of likely N-dealkylation sites (tertiary alicyclic amines) is 1. The monoisotopic (exact) mass is 438 g/mol. The van der Waals surface area contributed by atoms with Gasteiger partial charge >= 0.3 is 0 Å². The molecule has 3 aromatic rings. The molecular weight excluding hydrogens is 408 g/mol. The van der Waals surface area contributed by atoms with Crippen LogP contribution in [-0.4, -0.2) is 58.2 Å². The number of nitrogens with zero attached hydrogens (tertiary/aromatic N) is 4. The number of amides is 1. The average molecular weight is 439 g/mol. The number of aromatic nitrogens is 2. The Kier molecular flexibility index (Phi) is 7.88. The van der Waals surface area contributed by atoms with Crippen LogP contribution >= 0.6 is 12.4 Å². The van der Waals surface area contributed by atoms with Crippen molar-refractivity contribution in [3.8, 4) is 5.69 Å². The van der Waals surface area contributed by atoms with Gasteiger partial charge in [-0.15, -0.1) is 12.4 Å². The van der Waals surface area contributed by atoms with Crippen LogP contribution in [0.25, 0.3) is 5.69 Å². The SMILES string of the molecule is Cc1ccn(-c2ccc(C(=O)N3CCC(N(C)CCc4ccccc4)CC3)cc2)n1.Cl. The number of likely N-dealkylation sites (N-methyl/N-ethyl adjacent to an activating group) is 1. The third-order valence-corrected chi connectivity index (χ3v) is 6.07. The van der Waals surface area contributed by atoms with Crippen molar-refractivity contribution in [3.05, 3.63) is 83.7 Å². The summed E-state index contributed by atoms with van der Waals surface area (Å²) in [5.74, 6) is 0.128. The molecule has 1 aliphatic rings.